The number of alkyl halides is 3. The van der Waals surface area contributed by atoms with E-state index in [4.69, 9.17) is 20.8 Å². The molecule has 0 radical (unpaired) electrons. The maximum absolute atomic E-state index is 13.4. The van der Waals surface area contributed by atoms with Crippen molar-refractivity contribution in [1.29, 1.82) is 0 Å². The Hall–Kier alpha value is -3.04. The predicted molar refractivity (Wildman–Crippen MR) is 130 cm³/mol. The Balaban J connectivity index is 1.39. The van der Waals surface area contributed by atoms with Gasteiger partial charge in [-0.2, -0.15) is 13.2 Å². The number of piperidine rings is 1. The van der Waals surface area contributed by atoms with Crippen LogP contribution < -0.4 is 10.4 Å². The SMILES string of the molecule is O=C(COc1ccc2c(C(F)(F)F)cc(=O)oc2c1)N1CCC2(O)CCCCC2[C@@H]1c1ccc(Cl)cc1. The van der Waals surface area contributed by atoms with E-state index in [1.165, 1.54) is 12.1 Å². The van der Waals surface area contributed by atoms with Gasteiger partial charge in [-0.3, -0.25) is 4.79 Å². The van der Waals surface area contributed by atoms with Gasteiger partial charge in [0.25, 0.3) is 5.91 Å². The second kappa shape index (κ2) is 9.68. The van der Waals surface area contributed by atoms with E-state index in [0.29, 0.717) is 30.5 Å². The summed E-state index contributed by atoms with van der Waals surface area (Å²) in [6.07, 6.45) is -0.918. The molecule has 3 aromatic rings. The highest BCUT2D eigenvalue weighted by Crippen LogP contribution is 2.49. The number of aliphatic hydroxyl groups is 1. The Bertz CT molecular complexity index is 1370. The zero-order chi connectivity index (χ0) is 26.4. The molecule has 1 N–H and O–H groups in total. The first-order valence-corrected chi connectivity index (χ1v) is 12.5. The van der Waals surface area contributed by atoms with Crippen LogP contribution in [0.2, 0.25) is 5.02 Å². The van der Waals surface area contributed by atoms with E-state index in [1.807, 2.05) is 12.1 Å². The maximum Gasteiger partial charge on any atom is 0.417 e. The average Bonchev–Trinajstić information content (AvgIpc) is 2.85. The summed E-state index contributed by atoms with van der Waals surface area (Å²) in [5.74, 6) is -0.369. The highest BCUT2D eigenvalue weighted by Gasteiger charge is 2.50. The number of nitrogens with zero attached hydrogens (tertiary/aromatic N) is 1. The molecular weight excluding hydrogens is 511 g/mol. The molecule has 1 amide bonds. The fraction of sp³-hybridized carbons (Fsp3) is 0.407. The lowest BCUT2D eigenvalue weighted by Gasteiger charge is -2.52. The molecular formula is C27H25ClF3NO5. The molecule has 2 unspecified atom stereocenters. The largest absolute Gasteiger partial charge is 0.484 e. The summed E-state index contributed by atoms with van der Waals surface area (Å²) in [5, 5.41) is 11.7. The van der Waals surface area contributed by atoms with Crippen LogP contribution in [-0.2, 0) is 11.0 Å². The lowest BCUT2D eigenvalue weighted by atomic mass is 9.66. The number of carbonyl (C=O) groups excluding carboxylic acids is 1. The van der Waals surface area contributed by atoms with Gasteiger partial charge in [0.15, 0.2) is 6.61 Å². The molecule has 2 fully saturated rings. The summed E-state index contributed by atoms with van der Waals surface area (Å²) >= 11 is 6.08. The highest BCUT2D eigenvalue weighted by atomic mass is 35.5. The van der Waals surface area contributed by atoms with Crippen molar-refractivity contribution in [2.24, 2.45) is 5.92 Å². The summed E-state index contributed by atoms with van der Waals surface area (Å²) in [6, 6.07) is 10.9. The van der Waals surface area contributed by atoms with Crippen LogP contribution in [0.15, 0.2) is 57.7 Å². The summed E-state index contributed by atoms with van der Waals surface area (Å²) in [7, 11) is 0. The van der Waals surface area contributed by atoms with Gasteiger partial charge >= 0.3 is 11.8 Å². The van der Waals surface area contributed by atoms with Crippen molar-refractivity contribution in [3.8, 4) is 5.75 Å². The van der Waals surface area contributed by atoms with Crippen molar-refractivity contribution in [3.05, 3.63) is 75.1 Å². The molecule has 1 aliphatic heterocycles. The number of hydrogen-bond acceptors (Lipinski definition) is 5. The number of rotatable bonds is 4. The molecule has 37 heavy (non-hydrogen) atoms. The predicted octanol–water partition coefficient (Wildman–Crippen LogP) is 5.74. The van der Waals surface area contributed by atoms with Crippen molar-refractivity contribution in [2.75, 3.05) is 13.2 Å². The lowest BCUT2D eigenvalue weighted by molar-refractivity contribution is -0.157. The van der Waals surface area contributed by atoms with E-state index in [0.717, 1.165) is 30.9 Å². The van der Waals surface area contributed by atoms with Crippen LogP contribution in [0.5, 0.6) is 5.75 Å². The molecule has 3 atom stereocenters. The van der Waals surface area contributed by atoms with Crippen LogP contribution in [-0.4, -0.2) is 34.7 Å². The van der Waals surface area contributed by atoms with Gasteiger partial charge in [-0.1, -0.05) is 36.6 Å². The monoisotopic (exact) mass is 535 g/mol. The molecule has 10 heteroatoms. The Morgan fingerprint density at radius 3 is 2.62 bits per heavy atom. The molecule has 1 saturated heterocycles. The molecule has 1 aromatic heterocycles. The molecule has 196 valence electrons. The molecule has 1 saturated carbocycles. The molecule has 0 spiro atoms. The topological polar surface area (TPSA) is 80.0 Å². The Kier molecular flexibility index (Phi) is 6.70. The summed E-state index contributed by atoms with van der Waals surface area (Å²) in [6.45, 7) is -0.0338. The van der Waals surface area contributed by atoms with E-state index < -0.39 is 23.0 Å². The Morgan fingerprint density at radius 1 is 1.14 bits per heavy atom. The quantitative estimate of drug-likeness (QED) is 0.431. The minimum Gasteiger partial charge on any atom is -0.484 e. The molecule has 2 aromatic carbocycles. The first-order valence-electron chi connectivity index (χ1n) is 12.1. The molecule has 2 heterocycles. The number of likely N-dealkylation sites (tertiary alicyclic amines) is 1. The van der Waals surface area contributed by atoms with E-state index in [-0.39, 0.29) is 41.2 Å². The van der Waals surface area contributed by atoms with Gasteiger partial charge in [-0.15, -0.1) is 0 Å². The van der Waals surface area contributed by atoms with Gasteiger partial charge in [-0.25, -0.2) is 4.79 Å². The molecule has 6 nitrogen and oxygen atoms in total. The van der Waals surface area contributed by atoms with Crippen molar-refractivity contribution >= 4 is 28.5 Å². The van der Waals surface area contributed by atoms with Gasteiger partial charge in [0.05, 0.1) is 17.2 Å². The lowest BCUT2D eigenvalue weighted by Crippen LogP contribution is -2.56. The van der Waals surface area contributed by atoms with Gasteiger partial charge in [0.1, 0.15) is 11.3 Å². The van der Waals surface area contributed by atoms with Gasteiger partial charge in [0, 0.05) is 35.0 Å². The van der Waals surface area contributed by atoms with Crippen molar-refractivity contribution in [3.63, 3.8) is 0 Å². The highest BCUT2D eigenvalue weighted by molar-refractivity contribution is 6.30. The Morgan fingerprint density at radius 2 is 1.89 bits per heavy atom. The molecule has 2 aliphatic rings. The minimum atomic E-state index is -4.72. The summed E-state index contributed by atoms with van der Waals surface area (Å²) < 4.78 is 50.5. The normalized spacial score (nSPS) is 24.1. The maximum atomic E-state index is 13.4. The third-order valence-electron chi connectivity index (χ3n) is 7.48. The van der Waals surface area contributed by atoms with Crippen LogP contribution in [0.1, 0.15) is 49.3 Å². The number of halogens is 4. The van der Waals surface area contributed by atoms with Crippen LogP contribution in [0.4, 0.5) is 13.2 Å². The van der Waals surface area contributed by atoms with Gasteiger partial charge in [0.2, 0.25) is 0 Å². The zero-order valence-corrected chi connectivity index (χ0v) is 20.5. The molecule has 1 aliphatic carbocycles. The number of hydrogen-bond donors (Lipinski definition) is 1. The molecule has 0 bridgehead atoms. The van der Waals surface area contributed by atoms with Gasteiger partial charge in [-0.05, 0) is 49.1 Å². The standard InChI is InChI=1S/C27H25ClF3NO5/c28-17-6-4-16(5-7-17)25-20-3-1-2-10-26(20,35)11-12-32(25)23(33)15-36-18-8-9-19-21(27(29,30)31)14-24(34)37-22(19)13-18/h4-9,13-14,20,25,35H,1-3,10-12,15H2/t20?,25-,26?/m0/s1. The number of benzene rings is 2. The third kappa shape index (κ3) is 5.07. The zero-order valence-electron chi connectivity index (χ0n) is 19.8. The fourth-order valence-electron chi connectivity index (χ4n) is 5.73. The van der Waals surface area contributed by atoms with Crippen molar-refractivity contribution in [2.45, 2.75) is 49.9 Å². The summed E-state index contributed by atoms with van der Waals surface area (Å²) in [5.41, 5.74) is -2.50. The van der Waals surface area contributed by atoms with Crippen molar-refractivity contribution in [1.82, 2.24) is 4.90 Å². The van der Waals surface area contributed by atoms with Crippen LogP contribution in [0.25, 0.3) is 11.0 Å². The van der Waals surface area contributed by atoms with Crippen LogP contribution in [0.3, 0.4) is 0 Å². The second-order valence-corrected chi connectivity index (χ2v) is 10.1. The smallest absolute Gasteiger partial charge is 0.417 e. The third-order valence-corrected chi connectivity index (χ3v) is 7.74. The second-order valence-electron chi connectivity index (χ2n) is 9.71. The Labute approximate surface area is 215 Å². The van der Waals surface area contributed by atoms with Crippen molar-refractivity contribution < 1.29 is 32.2 Å². The van der Waals surface area contributed by atoms with Crippen LogP contribution in [0, 0.1) is 5.92 Å². The van der Waals surface area contributed by atoms with E-state index in [1.54, 1.807) is 17.0 Å². The van der Waals surface area contributed by atoms with Crippen LogP contribution >= 0.6 is 11.6 Å². The van der Waals surface area contributed by atoms with E-state index >= 15 is 0 Å². The fourth-order valence-corrected chi connectivity index (χ4v) is 5.86. The average molecular weight is 536 g/mol. The first kappa shape index (κ1) is 25.6. The number of carbonyl (C=O) groups is 1. The first-order chi connectivity index (χ1) is 17.5. The molecule has 5 rings (SSSR count). The number of amides is 1. The summed E-state index contributed by atoms with van der Waals surface area (Å²) in [4.78, 5) is 26.8. The van der Waals surface area contributed by atoms with Gasteiger partial charge < -0.3 is 19.2 Å². The number of ether oxygens (including phenoxy) is 1. The number of fused-ring (bicyclic) bond motifs is 2. The van der Waals surface area contributed by atoms with E-state index in [9.17, 15) is 27.9 Å². The minimum absolute atomic E-state index is 0.0950. The van der Waals surface area contributed by atoms with E-state index in [2.05, 4.69) is 0 Å².